The van der Waals surface area contributed by atoms with Crippen molar-refractivity contribution in [3.63, 3.8) is 0 Å². The molecule has 3 aromatic rings. The lowest BCUT2D eigenvalue weighted by molar-refractivity contribution is -0.146. The van der Waals surface area contributed by atoms with E-state index in [2.05, 4.69) is 62.2 Å². The number of carbonyl (C=O) groups is 1. The average Bonchev–Trinajstić information content (AvgIpc) is 2.91. The highest BCUT2D eigenvalue weighted by Crippen LogP contribution is 2.52. The molecule has 0 aromatic heterocycles. The summed E-state index contributed by atoms with van der Waals surface area (Å²) >= 11 is 0. The van der Waals surface area contributed by atoms with Gasteiger partial charge in [-0.25, -0.2) is 0 Å². The maximum atomic E-state index is 14.4. The molecule has 37 heavy (non-hydrogen) atoms. The second-order valence-electron chi connectivity index (χ2n) is 10.8. The summed E-state index contributed by atoms with van der Waals surface area (Å²) in [5.74, 6) is 2.15. The molecule has 3 atom stereocenters. The van der Waals surface area contributed by atoms with Crippen LogP contribution >= 0.6 is 0 Å². The van der Waals surface area contributed by atoms with Crippen molar-refractivity contribution in [1.82, 2.24) is 4.90 Å². The van der Waals surface area contributed by atoms with Crippen LogP contribution in [0.15, 0.2) is 66.7 Å². The molecule has 5 rings (SSSR count). The lowest BCUT2D eigenvalue weighted by Crippen LogP contribution is -2.65. The van der Waals surface area contributed by atoms with Crippen LogP contribution in [0.5, 0.6) is 17.2 Å². The van der Waals surface area contributed by atoms with E-state index in [1.807, 2.05) is 35.2 Å². The van der Waals surface area contributed by atoms with E-state index in [4.69, 9.17) is 14.2 Å². The van der Waals surface area contributed by atoms with Crippen LogP contribution in [0, 0.1) is 11.3 Å². The predicted octanol–water partition coefficient (Wildman–Crippen LogP) is 5.35. The summed E-state index contributed by atoms with van der Waals surface area (Å²) in [4.78, 5) is 18.8. The van der Waals surface area contributed by atoms with Gasteiger partial charge >= 0.3 is 0 Å². The van der Waals surface area contributed by atoms with Crippen molar-refractivity contribution in [2.75, 3.05) is 39.8 Å². The molecule has 2 aliphatic rings. The summed E-state index contributed by atoms with van der Waals surface area (Å²) in [6.07, 6.45) is 0. The van der Waals surface area contributed by atoms with Crippen molar-refractivity contribution >= 4 is 11.6 Å². The number of hydrogen-bond acceptors (Lipinski definition) is 5. The molecule has 0 radical (unpaired) electrons. The molecule has 6 heteroatoms. The van der Waals surface area contributed by atoms with Crippen molar-refractivity contribution in [2.24, 2.45) is 11.3 Å². The number of para-hydroxylation sites is 1. The van der Waals surface area contributed by atoms with Crippen molar-refractivity contribution in [3.8, 4) is 17.2 Å². The number of carbonyl (C=O) groups excluding carboxylic acids is 1. The van der Waals surface area contributed by atoms with Gasteiger partial charge < -0.3 is 24.0 Å². The molecule has 0 unspecified atom stereocenters. The van der Waals surface area contributed by atoms with Gasteiger partial charge in [0.1, 0.15) is 17.2 Å². The van der Waals surface area contributed by atoms with E-state index < -0.39 is 0 Å². The number of anilines is 1. The highest BCUT2D eigenvalue weighted by Gasteiger charge is 2.55. The standard InChI is InChI=1S/C31H36N2O4/c1-31(2)19-33(18-21-13-16-23(36-5)17-26(21)37-6)30(34)28-27(20-11-14-22(35-4)15-12-20)24-9-7-8-10-25(24)32(3)29(28)31/h7-17,27-29H,18-19H2,1-6H3/t27-,28-,29+/m1/s1. The van der Waals surface area contributed by atoms with Crippen LogP contribution in [0.3, 0.4) is 0 Å². The lowest BCUT2D eigenvalue weighted by Gasteiger charge is -2.57. The molecule has 3 aromatic carbocycles. The van der Waals surface area contributed by atoms with Gasteiger partial charge in [-0.3, -0.25) is 4.79 Å². The number of methoxy groups -OCH3 is 3. The van der Waals surface area contributed by atoms with Gasteiger partial charge in [0.05, 0.1) is 27.2 Å². The summed E-state index contributed by atoms with van der Waals surface area (Å²) in [6.45, 7) is 5.71. The number of ether oxygens (including phenoxy) is 3. The zero-order valence-electron chi connectivity index (χ0n) is 22.5. The third-order valence-electron chi connectivity index (χ3n) is 8.09. The molecule has 6 nitrogen and oxygen atoms in total. The topological polar surface area (TPSA) is 51.2 Å². The van der Waals surface area contributed by atoms with Gasteiger partial charge in [-0.2, -0.15) is 0 Å². The summed E-state index contributed by atoms with van der Waals surface area (Å²) in [7, 11) is 7.11. The molecule has 0 saturated carbocycles. The van der Waals surface area contributed by atoms with Gasteiger partial charge in [0.15, 0.2) is 0 Å². The molecular weight excluding hydrogens is 464 g/mol. The number of benzene rings is 3. The fourth-order valence-electron chi connectivity index (χ4n) is 6.52. The van der Waals surface area contributed by atoms with Gasteiger partial charge in [0.2, 0.25) is 5.91 Å². The van der Waals surface area contributed by atoms with Crippen LogP contribution in [0.4, 0.5) is 5.69 Å². The van der Waals surface area contributed by atoms with E-state index in [0.717, 1.165) is 28.4 Å². The first-order valence-corrected chi connectivity index (χ1v) is 12.7. The van der Waals surface area contributed by atoms with Crippen LogP contribution in [0.2, 0.25) is 0 Å². The van der Waals surface area contributed by atoms with Gasteiger partial charge in [0.25, 0.3) is 0 Å². The van der Waals surface area contributed by atoms with Gasteiger partial charge in [-0.05, 0) is 41.5 Å². The van der Waals surface area contributed by atoms with Crippen molar-refractivity contribution < 1.29 is 19.0 Å². The van der Waals surface area contributed by atoms with Gasteiger partial charge in [0, 0.05) is 54.8 Å². The van der Waals surface area contributed by atoms with Crippen LogP contribution < -0.4 is 19.1 Å². The smallest absolute Gasteiger partial charge is 0.229 e. The number of amides is 1. The Morgan fingerprint density at radius 1 is 0.892 bits per heavy atom. The first-order chi connectivity index (χ1) is 17.8. The minimum atomic E-state index is -0.235. The van der Waals surface area contributed by atoms with E-state index in [-0.39, 0.29) is 29.2 Å². The number of piperidine rings is 1. The molecule has 1 saturated heterocycles. The molecule has 2 heterocycles. The Morgan fingerprint density at radius 3 is 2.24 bits per heavy atom. The van der Waals surface area contributed by atoms with Crippen LogP contribution in [0.1, 0.15) is 36.5 Å². The quantitative estimate of drug-likeness (QED) is 0.457. The zero-order chi connectivity index (χ0) is 26.3. The molecule has 0 N–H and O–H groups in total. The Balaban J connectivity index is 1.60. The maximum Gasteiger partial charge on any atom is 0.229 e. The van der Waals surface area contributed by atoms with Crippen LogP contribution in [-0.4, -0.2) is 51.8 Å². The second kappa shape index (κ2) is 9.66. The van der Waals surface area contributed by atoms with E-state index in [0.29, 0.717) is 13.1 Å². The number of nitrogens with zero attached hydrogens (tertiary/aromatic N) is 2. The maximum absolute atomic E-state index is 14.4. The summed E-state index contributed by atoms with van der Waals surface area (Å²) in [6, 6.07) is 22.5. The van der Waals surface area contributed by atoms with Crippen LogP contribution in [0.25, 0.3) is 0 Å². The molecule has 194 valence electrons. The molecule has 0 spiro atoms. The number of fused-ring (bicyclic) bond motifs is 2. The van der Waals surface area contributed by atoms with E-state index in [9.17, 15) is 4.79 Å². The average molecular weight is 501 g/mol. The molecule has 1 amide bonds. The molecule has 2 aliphatic heterocycles. The summed E-state index contributed by atoms with van der Waals surface area (Å²) < 4.78 is 16.5. The normalized spacial score (nSPS) is 22.2. The fourth-order valence-corrected chi connectivity index (χ4v) is 6.52. The van der Waals surface area contributed by atoms with E-state index in [1.54, 1.807) is 21.3 Å². The second-order valence-corrected chi connectivity index (χ2v) is 10.8. The highest BCUT2D eigenvalue weighted by molar-refractivity contribution is 5.85. The zero-order valence-corrected chi connectivity index (χ0v) is 22.5. The number of rotatable bonds is 6. The fraction of sp³-hybridized carbons (Fsp3) is 0.387. The Kier molecular flexibility index (Phi) is 6.52. The van der Waals surface area contributed by atoms with Crippen molar-refractivity contribution in [2.45, 2.75) is 32.4 Å². The first-order valence-electron chi connectivity index (χ1n) is 12.7. The SMILES string of the molecule is COc1ccc([C@@H]2c3ccccc3N(C)[C@H]3[C@@H]2C(=O)N(Cc2ccc(OC)cc2OC)CC3(C)C)cc1. The Labute approximate surface area is 219 Å². The van der Waals surface area contributed by atoms with Crippen LogP contribution in [-0.2, 0) is 11.3 Å². The monoisotopic (exact) mass is 500 g/mol. The van der Waals surface area contributed by atoms with Gasteiger partial charge in [-0.15, -0.1) is 0 Å². The minimum absolute atomic E-state index is 0.0519. The summed E-state index contributed by atoms with van der Waals surface area (Å²) in [5.41, 5.74) is 4.33. The van der Waals surface area contributed by atoms with E-state index >= 15 is 0 Å². The molecule has 0 aliphatic carbocycles. The Bertz CT molecular complexity index is 1290. The minimum Gasteiger partial charge on any atom is -0.497 e. The first kappa shape index (κ1) is 25.0. The Hall–Kier alpha value is -3.67. The largest absolute Gasteiger partial charge is 0.497 e. The lowest BCUT2D eigenvalue weighted by atomic mass is 9.62. The van der Waals surface area contributed by atoms with Gasteiger partial charge in [-0.1, -0.05) is 44.2 Å². The molecular formula is C31H36N2O4. The summed E-state index contributed by atoms with van der Waals surface area (Å²) in [5, 5.41) is 0. The van der Waals surface area contributed by atoms with Crippen molar-refractivity contribution in [1.29, 1.82) is 0 Å². The highest BCUT2D eigenvalue weighted by atomic mass is 16.5. The predicted molar refractivity (Wildman–Crippen MR) is 146 cm³/mol. The third-order valence-corrected chi connectivity index (χ3v) is 8.09. The Morgan fingerprint density at radius 2 is 1.57 bits per heavy atom. The molecule has 1 fully saturated rings. The number of likely N-dealkylation sites (tertiary alicyclic amines) is 1. The number of hydrogen-bond donors (Lipinski definition) is 0. The third kappa shape index (κ3) is 4.28. The van der Waals surface area contributed by atoms with E-state index in [1.165, 1.54) is 11.3 Å². The van der Waals surface area contributed by atoms with Crippen molar-refractivity contribution in [3.05, 3.63) is 83.4 Å². The molecule has 0 bridgehead atoms.